The molecule has 0 aliphatic rings. The lowest BCUT2D eigenvalue weighted by Gasteiger charge is -2.25. The molecular weight excluding hydrogens is 835 g/mol. The fourth-order valence-electron chi connectivity index (χ4n) is 6.25. The van der Waals surface area contributed by atoms with Crippen molar-refractivity contribution in [2.24, 2.45) is 17.2 Å². The van der Waals surface area contributed by atoms with Crippen molar-refractivity contribution >= 4 is 47.3 Å². The Balaban J connectivity index is 1.73. The van der Waals surface area contributed by atoms with Gasteiger partial charge in [0.25, 0.3) is 0 Å². The molecular formula is C43H57N9O12. The molecule has 0 bridgehead atoms. The molecule has 0 fully saturated rings. The molecule has 0 aromatic heterocycles. The molecule has 3 aromatic rings. The van der Waals surface area contributed by atoms with Gasteiger partial charge in [0.15, 0.2) is 0 Å². The number of unbranched alkanes of at least 4 members (excludes halogenated alkanes) is 1. The van der Waals surface area contributed by atoms with Gasteiger partial charge in [0.05, 0.1) is 19.2 Å². The summed E-state index contributed by atoms with van der Waals surface area (Å²) >= 11 is 0. The van der Waals surface area contributed by atoms with E-state index in [0.29, 0.717) is 36.1 Å². The van der Waals surface area contributed by atoms with Crippen molar-refractivity contribution in [1.82, 2.24) is 31.9 Å². The standard InChI is InChI=1S/C43H57N9O12/c44-19-5-4-8-32(43(63)64)50-41(61)33(21-25-6-2-1-3-7-25)48-37(57)23-47-39(59)35(24-53)52-42(62)34(22-27-11-15-29(55)16-12-27)51-40(60)31(17-18-36(46)56)49-38(58)30(45)20-26-9-13-28(54)14-10-26/h1-3,6-7,9-16,30-35,53-55H,4-5,8,17-24,44-45H2,(H2,46,56)(H,47,59)(H,48,57)(H,49,58)(H,50,61)(H,51,60)(H,52,62)(H,63,64)/t30-,31-,32-,33-,34-,35-/m0/s1. The van der Waals surface area contributed by atoms with Gasteiger partial charge in [0.1, 0.15) is 41.7 Å². The number of carbonyl (C=O) groups is 8. The molecule has 3 rings (SSSR count). The van der Waals surface area contributed by atoms with Gasteiger partial charge in [-0.3, -0.25) is 33.6 Å². The van der Waals surface area contributed by atoms with E-state index < -0.39 is 96.7 Å². The lowest BCUT2D eigenvalue weighted by atomic mass is 10.0. The number of phenols is 2. The average molecular weight is 892 g/mol. The molecule has 64 heavy (non-hydrogen) atoms. The van der Waals surface area contributed by atoms with Crippen LogP contribution in [-0.4, -0.2) is 124 Å². The Labute approximate surface area is 368 Å². The monoisotopic (exact) mass is 891 g/mol. The zero-order valence-electron chi connectivity index (χ0n) is 35.0. The van der Waals surface area contributed by atoms with Crippen LogP contribution in [0.3, 0.4) is 0 Å². The quantitative estimate of drug-likeness (QED) is 0.0351. The third-order valence-corrected chi connectivity index (χ3v) is 9.78. The second kappa shape index (κ2) is 26.4. The summed E-state index contributed by atoms with van der Waals surface area (Å²) in [6.07, 6.45) is 0.152. The highest BCUT2D eigenvalue weighted by Crippen LogP contribution is 2.14. The number of hydrogen-bond acceptors (Lipinski definition) is 13. The number of hydrogen-bond donors (Lipinski definition) is 13. The van der Waals surface area contributed by atoms with E-state index in [0.717, 1.165) is 0 Å². The number of rotatable bonds is 27. The number of aliphatic carboxylic acids is 1. The van der Waals surface area contributed by atoms with Crippen molar-refractivity contribution in [3.63, 3.8) is 0 Å². The van der Waals surface area contributed by atoms with E-state index >= 15 is 0 Å². The molecule has 0 aliphatic carbocycles. The number of carboxylic acid groups (broad SMARTS) is 1. The fraction of sp³-hybridized carbons (Fsp3) is 0.395. The fourth-order valence-corrected chi connectivity index (χ4v) is 6.25. The van der Waals surface area contributed by atoms with Crippen LogP contribution < -0.4 is 49.1 Å². The molecule has 0 unspecified atom stereocenters. The van der Waals surface area contributed by atoms with E-state index in [9.17, 15) is 58.8 Å². The Morgan fingerprint density at radius 2 is 1.03 bits per heavy atom. The van der Waals surface area contributed by atoms with E-state index in [1.165, 1.54) is 36.4 Å². The highest BCUT2D eigenvalue weighted by atomic mass is 16.4. The van der Waals surface area contributed by atoms with E-state index in [-0.39, 0.29) is 50.0 Å². The van der Waals surface area contributed by atoms with Crippen molar-refractivity contribution in [2.75, 3.05) is 19.7 Å². The van der Waals surface area contributed by atoms with Gasteiger partial charge in [0.2, 0.25) is 41.4 Å². The maximum Gasteiger partial charge on any atom is 0.326 e. The summed E-state index contributed by atoms with van der Waals surface area (Å²) in [5, 5.41) is 53.7. The number of nitrogens with one attached hydrogen (secondary N) is 6. The molecule has 7 amide bonds. The number of nitrogens with two attached hydrogens (primary N) is 3. The highest BCUT2D eigenvalue weighted by molar-refractivity contribution is 5.96. The van der Waals surface area contributed by atoms with Crippen LogP contribution in [0, 0.1) is 0 Å². The highest BCUT2D eigenvalue weighted by Gasteiger charge is 2.32. The summed E-state index contributed by atoms with van der Waals surface area (Å²) in [7, 11) is 0. The lowest BCUT2D eigenvalue weighted by molar-refractivity contribution is -0.142. The van der Waals surface area contributed by atoms with Crippen LogP contribution in [0.25, 0.3) is 0 Å². The Morgan fingerprint density at radius 3 is 1.56 bits per heavy atom. The minimum atomic E-state index is -1.68. The predicted octanol–water partition coefficient (Wildman–Crippen LogP) is -2.54. The van der Waals surface area contributed by atoms with Gasteiger partial charge in [-0.25, -0.2) is 4.79 Å². The number of aliphatic hydroxyl groups is 1. The van der Waals surface area contributed by atoms with Crippen molar-refractivity contribution in [3.05, 3.63) is 95.6 Å². The Hall–Kier alpha value is -7.10. The van der Waals surface area contributed by atoms with Gasteiger partial charge in [-0.2, -0.15) is 0 Å². The molecule has 0 aliphatic heterocycles. The zero-order chi connectivity index (χ0) is 47.2. The Kier molecular flexibility index (Phi) is 21.1. The van der Waals surface area contributed by atoms with Crippen LogP contribution in [0.15, 0.2) is 78.9 Å². The smallest absolute Gasteiger partial charge is 0.326 e. The van der Waals surface area contributed by atoms with E-state index in [2.05, 4.69) is 31.9 Å². The van der Waals surface area contributed by atoms with Gasteiger partial charge in [-0.15, -0.1) is 0 Å². The zero-order valence-corrected chi connectivity index (χ0v) is 35.0. The van der Waals surface area contributed by atoms with Crippen molar-refractivity contribution < 1.29 is 58.8 Å². The summed E-state index contributed by atoms with van der Waals surface area (Å²) in [5.74, 6) is -7.58. The predicted molar refractivity (Wildman–Crippen MR) is 230 cm³/mol. The Morgan fingerprint density at radius 1 is 0.547 bits per heavy atom. The minimum Gasteiger partial charge on any atom is -0.508 e. The molecule has 0 saturated carbocycles. The van der Waals surface area contributed by atoms with Crippen LogP contribution in [0.5, 0.6) is 11.5 Å². The van der Waals surface area contributed by atoms with Crippen LogP contribution in [0.4, 0.5) is 0 Å². The van der Waals surface area contributed by atoms with Gasteiger partial charge in [-0.05, 0) is 79.6 Å². The molecule has 21 nitrogen and oxygen atoms in total. The molecule has 0 heterocycles. The topological polar surface area (TPSA) is 368 Å². The number of primary amides is 1. The van der Waals surface area contributed by atoms with Gasteiger partial charge >= 0.3 is 5.97 Å². The number of aliphatic hydroxyl groups excluding tert-OH is 1. The molecule has 3 aromatic carbocycles. The first-order valence-corrected chi connectivity index (χ1v) is 20.4. The molecule has 6 atom stereocenters. The second-order valence-electron chi connectivity index (χ2n) is 14.9. The third-order valence-electron chi connectivity index (χ3n) is 9.78. The minimum absolute atomic E-state index is 0.000355. The molecule has 0 radical (unpaired) electrons. The van der Waals surface area contributed by atoms with Gasteiger partial charge < -0.3 is 69.5 Å². The maximum atomic E-state index is 13.8. The van der Waals surface area contributed by atoms with Crippen molar-refractivity contribution in [2.45, 2.75) is 87.6 Å². The number of carboxylic acids is 1. The number of aromatic hydroxyl groups is 2. The molecule has 0 spiro atoms. The van der Waals surface area contributed by atoms with Crippen LogP contribution in [0.2, 0.25) is 0 Å². The number of amides is 7. The van der Waals surface area contributed by atoms with Crippen molar-refractivity contribution in [3.8, 4) is 11.5 Å². The van der Waals surface area contributed by atoms with Crippen LogP contribution in [0.1, 0.15) is 48.8 Å². The average Bonchev–Trinajstić information content (AvgIpc) is 3.26. The maximum absolute atomic E-state index is 13.8. The normalized spacial score (nSPS) is 13.7. The third kappa shape index (κ3) is 18.1. The Bertz CT molecular complexity index is 2040. The summed E-state index contributed by atoms with van der Waals surface area (Å²) in [6.45, 7) is -1.39. The van der Waals surface area contributed by atoms with E-state index in [1.807, 2.05) is 0 Å². The van der Waals surface area contributed by atoms with Crippen molar-refractivity contribution in [1.29, 1.82) is 0 Å². The number of phenolic OH excluding ortho intramolecular Hbond substituents is 2. The first-order chi connectivity index (χ1) is 30.5. The molecule has 0 saturated heterocycles. The summed E-state index contributed by atoms with van der Waals surface area (Å²) in [4.78, 5) is 104. The van der Waals surface area contributed by atoms with Gasteiger partial charge in [0, 0.05) is 19.3 Å². The van der Waals surface area contributed by atoms with Gasteiger partial charge in [-0.1, -0.05) is 54.6 Å². The van der Waals surface area contributed by atoms with Crippen LogP contribution >= 0.6 is 0 Å². The SMILES string of the molecule is NCCCC[C@H](NC(=O)[C@H](Cc1ccccc1)NC(=O)CNC(=O)[C@H](CO)NC(=O)[C@H](Cc1ccc(O)cc1)NC(=O)[C@H](CCC(N)=O)NC(=O)[C@@H](N)Cc1ccc(O)cc1)C(=O)O. The first kappa shape index (κ1) is 51.3. The summed E-state index contributed by atoms with van der Waals surface area (Å²) in [6, 6.07) is 11.7. The molecule has 346 valence electrons. The second-order valence-corrected chi connectivity index (χ2v) is 14.9. The first-order valence-electron chi connectivity index (χ1n) is 20.4. The molecule has 21 heteroatoms. The van der Waals surface area contributed by atoms with E-state index in [1.54, 1.807) is 42.5 Å². The number of carbonyl (C=O) groups excluding carboxylic acids is 7. The lowest BCUT2D eigenvalue weighted by Crippen LogP contribution is -2.59. The van der Waals surface area contributed by atoms with E-state index in [4.69, 9.17) is 17.2 Å². The molecule has 16 N–H and O–H groups in total. The number of benzene rings is 3. The van der Waals surface area contributed by atoms with Crippen LogP contribution in [-0.2, 0) is 57.6 Å². The summed E-state index contributed by atoms with van der Waals surface area (Å²) in [5.41, 5.74) is 18.6. The summed E-state index contributed by atoms with van der Waals surface area (Å²) < 4.78 is 0. The largest absolute Gasteiger partial charge is 0.508 e.